The Morgan fingerprint density at radius 3 is 2.61 bits per heavy atom. The van der Waals surface area contributed by atoms with Crippen LogP contribution in [0.15, 0.2) is 24.3 Å². The summed E-state index contributed by atoms with van der Waals surface area (Å²) in [6, 6.07) is 5.46. The minimum Gasteiger partial charge on any atom is -0.508 e. The van der Waals surface area contributed by atoms with Gasteiger partial charge in [-0.05, 0) is 50.8 Å². The molecule has 2 N–H and O–H groups in total. The molecule has 0 radical (unpaired) electrons. The van der Waals surface area contributed by atoms with Crippen molar-refractivity contribution < 1.29 is 9.90 Å². The van der Waals surface area contributed by atoms with Crippen molar-refractivity contribution in [2.45, 2.75) is 64.3 Å². The topological polar surface area (TPSA) is 49.3 Å². The number of carbonyl (C=O) groups excluding carboxylic acids is 1. The van der Waals surface area contributed by atoms with Crippen molar-refractivity contribution in [2.75, 3.05) is 0 Å². The highest BCUT2D eigenvalue weighted by atomic mass is 16.3. The third-order valence-electron chi connectivity index (χ3n) is 5.03. The quantitative estimate of drug-likeness (QED) is 0.635. The number of hydrogen-bond donors (Lipinski definition) is 2. The van der Waals surface area contributed by atoms with Crippen molar-refractivity contribution in [1.29, 1.82) is 0 Å². The molecule has 23 heavy (non-hydrogen) atoms. The van der Waals surface area contributed by atoms with Gasteiger partial charge >= 0.3 is 0 Å². The first-order chi connectivity index (χ1) is 10.9. The number of benzene rings is 1. The van der Waals surface area contributed by atoms with Crippen molar-refractivity contribution >= 4 is 11.5 Å². The maximum Gasteiger partial charge on any atom is 0.160 e. The van der Waals surface area contributed by atoms with E-state index in [0.29, 0.717) is 0 Å². The molecular weight excluding hydrogens is 286 g/mol. The average molecular weight is 313 g/mol. The van der Waals surface area contributed by atoms with Crippen LogP contribution in [0.4, 0.5) is 0 Å². The van der Waals surface area contributed by atoms with Gasteiger partial charge in [0.15, 0.2) is 5.78 Å². The molecule has 0 unspecified atom stereocenters. The summed E-state index contributed by atoms with van der Waals surface area (Å²) in [4.78, 5) is 12.7. The Morgan fingerprint density at radius 1 is 1.22 bits per heavy atom. The summed E-state index contributed by atoms with van der Waals surface area (Å²) in [5.74, 6) is 0.650. The summed E-state index contributed by atoms with van der Waals surface area (Å²) in [5.41, 5.74) is 2.93. The Bertz CT molecular complexity index is 623. The largest absolute Gasteiger partial charge is 0.508 e. The lowest BCUT2D eigenvalue weighted by Crippen LogP contribution is -2.44. The highest BCUT2D eigenvalue weighted by Crippen LogP contribution is 2.33. The number of ketones is 1. The fraction of sp³-hybridized carbons (Fsp3) is 0.550. The summed E-state index contributed by atoms with van der Waals surface area (Å²) in [5, 5.41) is 13.3. The Hall–Kier alpha value is -1.77. The summed E-state index contributed by atoms with van der Waals surface area (Å²) in [6.07, 6.45) is 9.53. The van der Waals surface area contributed by atoms with Crippen LogP contribution in [0.2, 0.25) is 0 Å². The van der Waals surface area contributed by atoms with Crippen LogP contribution < -0.4 is 5.32 Å². The fourth-order valence-electron chi connectivity index (χ4n) is 3.86. The molecule has 1 aromatic carbocycles. The van der Waals surface area contributed by atoms with E-state index in [1.165, 1.54) is 18.4 Å². The van der Waals surface area contributed by atoms with Crippen LogP contribution in [-0.2, 0) is 11.2 Å². The van der Waals surface area contributed by atoms with Gasteiger partial charge in [-0.3, -0.25) is 4.79 Å². The maximum atomic E-state index is 12.7. The second-order valence-corrected chi connectivity index (χ2v) is 7.68. The van der Waals surface area contributed by atoms with E-state index in [9.17, 15) is 9.90 Å². The van der Waals surface area contributed by atoms with Crippen LogP contribution in [0.3, 0.4) is 0 Å². The molecule has 0 bridgehead atoms. The fourth-order valence-corrected chi connectivity index (χ4v) is 3.86. The number of carbonyl (C=O) groups is 1. The molecule has 124 valence electrons. The first-order valence-electron chi connectivity index (χ1n) is 8.81. The predicted molar refractivity (Wildman–Crippen MR) is 93.2 cm³/mol. The highest BCUT2D eigenvalue weighted by molar-refractivity contribution is 5.98. The molecule has 2 aliphatic rings. The second-order valence-electron chi connectivity index (χ2n) is 7.68. The summed E-state index contributed by atoms with van der Waals surface area (Å²) >= 11 is 0. The zero-order chi connectivity index (χ0) is 16.4. The van der Waals surface area contributed by atoms with Gasteiger partial charge in [-0.15, -0.1) is 0 Å². The van der Waals surface area contributed by atoms with E-state index in [-0.39, 0.29) is 23.0 Å². The number of fused-ring (bicyclic) bond motifs is 1. The summed E-state index contributed by atoms with van der Waals surface area (Å²) in [6.45, 7) is 4.29. The highest BCUT2D eigenvalue weighted by Gasteiger charge is 2.29. The van der Waals surface area contributed by atoms with E-state index in [4.69, 9.17) is 0 Å². The smallest absolute Gasteiger partial charge is 0.160 e. The van der Waals surface area contributed by atoms with Gasteiger partial charge < -0.3 is 10.4 Å². The number of nitrogens with one attached hydrogen (secondary N) is 1. The van der Waals surface area contributed by atoms with Gasteiger partial charge in [-0.25, -0.2) is 0 Å². The molecule has 1 fully saturated rings. The average Bonchev–Trinajstić information content (AvgIpc) is 2.76. The molecule has 0 aromatic heterocycles. The van der Waals surface area contributed by atoms with Gasteiger partial charge in [0.25, 0.3) is 0 Å². The van der Waals surface area contributed by atoms with Gasteiger partial charge in [0.1, 0.15) is 5.75 Å². The van der Waals surface area contributed by atoms with E-state index >= 15 is 0 Å². The molecule has 3 heteroatoms. The van der Waals surface area contributed by atoms with E-state index in [1.54, 1.807) is 18.2 Å². The minimum atomic E-state index is -0.0838. The van der Waals surface area contributed by atoms with Crippen molar-refractivity contribution in [1.82, 2.24) is 5.32 Å². The first kappa shape index (κ1) is 16.1. The van der Waals surface area contributed by atoms with Crippen molar-refractivity contribution in [3.63, 3.8) is 0 Å². The van der Waals surface area contributed by atoms with E-state index < -0.39 is 0 Å². The third-order valence-corrected chi connectivity index (χ3v) is 5.03. The second kappa shape index (κ2) is 6.38. The third kappa shape index (κ3) is 3.77. The zero-order valence-corrected chi connectivity index (χ0v) is 14.2. The minimum absolute atomic E-state index is 0.0838. The molecule has 3 rings (SSSR count). The lowest BCUT2D eigenvalue weighted by Gasteiger charge is -2.35. The molecule has 0 saturated heterocycles. The van der Waals surface area contributed by atoms with Crippen LogP contribution >= 0.6 is 0 Å². The molecular formula is C20H27NO2. The molecule has 0 spiro atoms. The van der Waals surface area contributed by atoms with Crippen LogP contribution in [0, 0.1) is 5.92 Å². The van der Waals surface area contributed by atoms with E-state index in [0.717, 1.165) is 43.4 Å². The molecule has 1 heterocycles. The molecule has 0 amide bonds. The number of phenolic OH excluding ortho intramolecular Hbond substituents is 1. The SMILES string of the molecule is CC1(C)Cc2ccc(O)cc2C(=CC(=O)C2CCCCCC2)N1. The lowest BCUT2D eigenvalue weighted by atomic mass is 9.84. The molecule has 1 saturated carbocycles. The Labute approximate surface area is 138 Å². The van der Waals surface area contributed by atoms with E-state index in [1.807, 2.05) is 6.07 Å². The Morgan fingerprint density at radius 2 is 1.91 bits per heavy atom. The summed E-state index contributed by atoms with van der Waals surface area (Å²) < 4.78 is 0. The molecule has 3 nitrogen and oxygen atoms in total. The number of phenols is 1. The molecule has 1 aliphatic carbocycles. The Balaban J connectivity index is 1.91. The summed E-state index contributed by atoms with van der Waals surface area (Å²) in [7, 11) is 0. The van der Waals surface area contributed by atoms with Crippen molar-refractivity contribution in [2.24, 2.45) is 5.92 Å². The van der Waals surface area contributed by atoms with Crippen LogP contribution in [-0.4, -0.2) is 16.4 Å². The van der Waals surface area contributed by atoms with Gasteiger partial charge in [0, 0.05) is 28.8 Å². The Kier molecular flexibility index (Phi) is 4.47. The van der Waals surface area contributed by atoms with Gasteiger partial charge in [0.05, 0.1) is 0 Å². The van der Waals surface area contributed by atoms with E-state index in [2.05, 4.69) is 19.2 Å². The number of rotatable bonds is 2. The lowest BCUT2D eigenvalue weighted by molar-refractivity contribution is -0.118. The van der Waals surface area contributed by atoms with Gasteiger partial charge in [-0.1, -0.05) is 31.7 Å². The number of hydrogen-bond acceptors (Lipinski definition) is 3. The standard InChI is InChI=1S/C20H27NO2/c1-20(2)13-15-9-10-16(22)11-17(15)18(21-20)12-19(23)14-7-5-3-4-6-8-14/h9-12,14,21-22H,3-8,13H2,1-2H3. The zero-order valence-electron chi connectivity index (χ0n) is 14.2. The first-order valence-corrected chi connectivity index (χ1v) is 8.81. The van der Waals surface area contributed by atoms with Crippen molar-refractivity contribution in [3.8, 4) is 5.75 Å². The van der Waals surface area contributed by atoms with Crippen LogP contribution in [0.25, 0.3) is 5.70 Å². The van der Waals surface area contributed by atoms with Crippen LogP contribution in [0.5, 0.6) is 5.75 Å². The molecule has 1 aromatic rings. The predicted octanol–water partition coefficient (Wildman–Crippen LogP) is 4.20. The number of allylic oxidation sites excluding steroid dienone is 1. The monoisotopic (exact) mass is 313 g/mol. The normalized spacial score (nSPS) is 23.0. The molecule has 0 atom stereocenters. The van der Waals surface area contributed by atoms with Crippen molar-refractivity contribution in [3.05, 3.63) is 35.4 Å². The molecule has 1 aliphatic heterocycles. The van der Waals surface area contributed by atoms with Gasteiger partial charge in [0.2, 0.25) is 0 Å². The maximum absolute atomic E-state index is 12.7. The van der Waals surface area contributed by atoms with Gasteiger partial charge in [-0.2, -0.15) is 0 Å². The van der Waals surface area contributed by atoms with Crippen LogP contribution in [0.1, 0.15) is 63.5 Å². The number of aromatic hydroxyl groups is 1.